The van der Waals surface area contributed by atoms with Gasteiger partial charge in [-0.1, -0.05) is 0 Å². The third-order valence-corrected chi connectivity index (χ3v) is 12.5. The van der Waals surface area contributed by atoms with Gasteiger partial charge in [0.1, 0.15) is 116 Å². The standard InChI is InChI=1S/C39H67N3O29/c1-11(48)41-19-13(50)5-39(38(60)61,71-32(19)21(52)14(51)6-43)70-30-17(9-46)66-37(27(58)25(30)56)67-29-16(8-45)64-34(20(23(29)54)42-12(2)49)69-33-28(59)35(62-4-3-40)65-18(10-47)31(33)68-36-26(57)24(55)22(53)15(7-44)63-36/h13-37,43-47,50-59H,3-10,40H2,1-2H3,(H,41,48)(H,42,49)(H,60,61)/t13-,14+,15+,16+,17+,18+,19+,20+,21+,22+,23+,24-,25+,26+,27+,28+,29+,30-,31-,32+,33+,34-,35+,36-,37-,39+/m0/s1. The minimum Gasteiger partial charge on any atom is -0.477 e. The number of nitrogens with one attached hydrogen (secondary N) is 2. The number of nitrogens with two attached hydrogens (primary N) is 1. The maximum absolute atomic E-state index is 12.9. The Hall–Kier alpha value is -2.63. The van der Waals surface area contributed by atoms with Crippen LogP contribution < -0.4 is 16.4 Å². The first-order chi connectivity index (χ1) is 33.5. The molecule has 5 aliphatic rings. The molecule has 26 atom stereocenters. The molecule has 71 heavy (non-hydrogen) atoms. The number of rotatable bonds is 21. The summed E-state index contributed by atoms with van der Waals surface area (Å²) >= 11 is 0. The zero-order chi connectivity index (χ0) is 52.8. The third kappa shape index (κ3) is 13.1. The van der Waals surface area contributed by atoms with Crippen molar-refractivity contribution in [2.75, 3.05) is 46.2 Å². The molecule has 20 N–H and O–H groups in total. The minimum absolute atomic E-state index is 0.0928. The number of ether oxygens (including phenoxy) is 10. The Labute approximate surface area is 402 Å². The number of hydrogen-bond donors (Lipinski definition) is 19. The van der Waals surface area contributed by atoms with Gasteiger partial charge in [0, 0.05) is 26.8 Å². The average molecular weight is 1040 g/mol. The van der Waals surface area contributed by atoms with Gasteiger partial charge in [-0.3, -0.25) is 9.59 Å². The fourth-order valence-corrected chi connectivity index (χ4v) is 8.85. The molecule has 0 aromatic rings. The van der Waals surface area contributed by atoms with E-state index in [1.165, 1.54) is 0 Å². The number of carbonyl (C=O) groups excluding carboxylic acids is 2. The van der Waals surface area contributed by atoms with Gasteiger partial charge in [0.25, 0.3) is 5.79 Å². The predicted molar refractivity (Wildman–Crippen MR) is 220 cm³/mol. The van der Waals surface area contributed by atoms with Gasteiger partial charge in [0.15, 0.2) is 25.2 Å². The average Bonchev–Trinajstić information content (AvgIpc) is 3.33. The van der Waals surface area contributed by atoms with E-state index in [9.17, 15) is 96.1 Å². The normalized spacial score (nSPS) is 45.1. The van der Waals surface area contributed by atoms with Crippen molar-refractivity contribution in [3.8, 4) is 0 Å². The van der Waals surface area contributed by atoms with Crippen molar-refractivity contribution < 1.29 is 143 Å². The summed E-state index contributed by atoms with van der Waals surface area (Å²) in [6, 6.07) is -3.41. The molecule has 5 saturated heterocycles. The van der Waals surface area contributed by atoms with Gasteiger partial charge in [-0.25, -0.2) is 4.79 Å². The van der Waals surface area contributed by atoms with Crippen molar-refractivity contribution in [2.24, 2.45) is 5.73 Å². The predicted octanol–water partition coefficient (Wildman–Crippen LogP) is -12.4. The van der Waals surface area contributed by atoms with Gasteiger partial charge in [-0.05, 0) is 0 Å². The Balaban J connectivity index is 1.41. The van der Waals surface area contributed by atoms with Crippen LogP contribution in [0, 0.1) is 0 Å². The van der Waals surface area contributed by atoms with Crippen molar-refractivity contribution >= 4 is 17.8 Å². The summed E-state index contributed by atoms with van der Waals surface area (Å²) in [7, 11) is 0. The van der Waals surface area contributed by atoms with E-state index < -0.39 is 216 Å². The zero-order valence-corrected chi connectivity index (χ0v) is 38.1. The molecular formula is C39H67N3O29. The van der Waals surface area contributed by atoms with E-state index in [1.54, 1.807) is 0 Å². The van der Waals surface area contributed by atoms with Crippen LogP contribution in [-0.2, 0) is 61.8 Å². The zero-order valence-electron chi connectivity index (χ0n) is 38.1. The molecule has 32 heteroatoms. The third-order valence-electron chi connectivity index (χ3n) is 12.5. The highest BCUT2D eigenvalue weighted by Gasteiger charge is 2.61. The Kier molecular flexibility index (Phi) is 21.5. The van der Waals surface area contributed by atoms with Crippen LogP contribution in [0.2, 0.25) is 0 Å². The summed E-state index contributed by atoms with van der Waals surface area (Å²) in [4.78, 5) is 37.5. The van der Waals surface area contributed by atoms with Crippen LogP contribution in [0.1, 0.15) is 20.3 Å². The summed E-state index contributed by atoms with van der Waals surface area (Å²) in [5.74, 6) is -6.78. The smallest absolute Gasteiger partial charge is 0.364 e. The highest BCUT2D eigenvalue weighted by atomic mass is 16.8. The van der Waals surface area contributed by atoms with Gasteiger partial charge in [-0.15, -0.1) is 0 Å². The van der Waals surface area contributed by atoms with Crippen LogP contribution in [0.15, 0.2) is 0 Å². The van der Waals surface area contributed by atoms with Crippen molar-refractivity contribution in [3.63, 3.8) is 0 Å². The fraction of sp³-hybridized carbons (Fsp3) is 0.923. The summed E-state index contributed by atoms with van der Waals surface area (Å²) in [5.41, 5.74) is 5.57. The van der Waals surface area contributed by atoms with Crippen LogP contribution in [-0.4, -0.2) is 305 Å². The number of amides is 2. The SMILES string of the molecule is CC(=O)N[C@H]1[C@H](O[C@@H]2[C@@H](O)[C@H](OCCN)O[C@H](CO)[C@@H]2O[C@@H]2O[C@H](CO)[C@@H](O)[C@H](O)[C@H]2O)O[C@H](CO)[C@@H](O[C@@H]2O[C@H](CO)[C@H](O[C@]3(C(=O)O)C[C@H](O)[C@@H](NC(C)=O)[C@H]([C@H](O)[C@H](O)CO)O3)[C@H](O)[C@H]2O)[C@@H]1O. The lowest BCUT2D eigenvalue weighted by Crippen LogP contribution is -2.71. The molecule has 412 valence electrons. The fourth-order valence-electron chi connectivity index (χ4n) is 8.85. The maximum Gasteiger partial charge on any atom is 0.364 e. The first kappa shape index (κ1) is 59.2. The first-order valence-electron chi connectivity index (χ1n) is 22.4. The molecule has 0 aromatic heterocycles. The molecule has 0 aliphatic carbocycles. The molecule has 0 radical (unpaired) electrons. The number of aliphatic hydroxyl groups excluding tert-OH is 15. The van der Waals surface area contributed by atoms with Crippen molar-refractivity contribution in [1.29, 1.82) is 0 Å². The Morgan fingerprint density at radius 1 is 0.606 bits per heavy atom. The van der Waals surface area contributed by atoms with Crippen LogP contribution in [0.5, 0.6) is 0 Å². The topological polar surface area (TPSA) is 517 Å². The van der Waals surface area contributed by atoms with E-state index in [4.69, 9.17) is 53.1 Å². The molecule has 0 unspecified atom stereocenters. The number of aliphatic hydroxyl groups is 15. The summed E-state index contributed by atoms with van der Waals surface area (Å²) in [6.07, 6.45) is -45.8. The summed E-state index contributed by atoms with van der Waals surface area (Å²) < 4.78 is 57.4. The van der Waals surface area contributed by atoms with Gasteiger partial charge in [0.05, 0.1) is 51.8 Å². The Morgan fingerprint density at radius 2 is 1.10 bits per heavy atom. The summed E-state index contributed by atoms with van der Waals surface area (Å²) in [5, 5.41) is 176. The van der Waals surface area contributed by atoms with E-state index in [0.29, 0.717) is 0 Å². The molecule has 0 aromatic carbocycles. The number of carbonyl (C=O) groups is 3. The van der Waals surface area contributed by atoms with Gasteiger partial charge >= 0.3 is 5.97 Å². The molecule has 5 rings (SSSR count). The van der Waals surface area contributed by atoms with E-state index in [-0.39, 0.29) is 13.2 Å². The molecule has 0 spiro atoms. The van der Waals surface area contributed by atoms with Gasteiger partial charge in [-0.2, -0.15) is 0 Å². The van der Waals surface area contributed by atoms with Crippen LogP contribution in [0.3, 0.4) is 0 Å². The largest absolute Gasteiger partial charge is 0.477 e. The number of carboxylic acid groups (broad SMARTS) is 1. The maximum atomic E-state index is 12.9. The minimum atomic E-state index is -3.11. The lowest BCUT2D eigenvalue weighted by atomic mass is 9.88. The molecule has 5 heterocycles. The molecule has 0 bridgehead atoms. The van der Waals surface area contributed by atoms with Crippen LogP contribution >= 0.6 is 0 Å². The summed E-state index contributed by atoms with van der Waals surface area (Å²) in [6.45, 7) is -3.44. The van der Waals surface area contributed by atoms with Crippen molar-refractivity contribution in [2.45, 2.75) is 179 Å². The van der Waals surface area contributed by atoms with E-state index >= 15 is 0 Å². The molecular weight excluding hydrogens is 974 g/mol. The molecule has 5 fully saturated rings. The van der Waals surface area contributed by atoms with E-state index in [2.05, 4.69) is 10.6 Å². The van der Waals surface area contributed by atoms with Gasteiger partial charge < -0.3 is 145 Å². The molecule has 5 aliphatic heterocycles. The lowest BCUT2D eigenvalue weighted by Gasteiger charge is -2.51. The Bertz CT molecular complexity index is 1710. The number of aliphatic carboxylic acids is 1. The van der Waals surface area contributed by atoms with Gasteiger partial charge in [0.2, 0.25) is 11.8 Å². The van der Waals surface area contributed by atoms with E-state index in [1.807, 2.05) is 0 Å². The monoisotopic (exact) mass is 1040 g/mol. The highest BCUT2D eigenvalue weighted by molar-refractivity contribution is 5.76. The second-order valence-electron chi connectivity index (χ2n) is 17.5. The molecule has 0 saturated carbocycles. The van der Waals surface area contributed by atoms with Crippen LogP contribution in [0.4, 0.5) is 0 Å². The second kappa shape index (κ2) is 25.7. The lowest BCUT2D eigenvalue weighted by molar-refractivity contribution is -0.393. The first-order valence-corrected chi connectivity index (χ1v) is 22.4. The number of carboxylic acids is 1. The van der Waals surface area contributed by atoms with Crippen LogP contribution in [0.25, 0.3) is 0 Å². The molecule has 2 amide bonds. The van der Waals surface area contributed by atoms with Crippen molar-refractivity contribution in [3.05, 3.63) is 0 Å². The number of hydrogen-bond acceptors (Lipinski definition) is 29. The highest BCUT2D eigenvalue weighted by Crippen LogP contribution is 2.39. The second-order valence-corrected chi connectivity index (χ2v) is 17.5. The Morgan fingerprint density at radius 3 is 1.65 bits per heavy atom. The van der Waals surface area contributed by atoms with Crippen molar-refractivity contribution in [1.82, 2.24) is 10.6 Å². The molecule has 32 nitrogen and oxygen atoms in total. The quantitative estimate of drug-likeness (QED) is 0.0507. The van der Waals surface area contributed by atoms with E-state index in [0.717, 1.165) is 13.8 Å².